The molecule has 0 spiro atoms. The molecule has 1 saturated heterocycles. The fraction of sp³-hybridized carbons (Fsp3) is 0.471. The van der Waals surface area contributed by atoms with Crippen molar-refractivity contribution in [1.29, 1.82) is 0 Å². The molecule has 22 heavy (non-hydrogen) atoms. The van der Waals surface area contributed by atoms with E-state index in [1.165, 1.54) is 5.57 Å². The fourth-order valence-electron chi connectivity index (χ4n) is 2.42. The zero-order valence-corrected chi connectivity index (χ0v) is 13.6. The number of carbonyl (C=O) groups excluding carboxylic acids is 1. The number of anilines is 1. The Morgan fingerprint density at radius 1 is 1.27 bits per heavy atom. The van der Waals surface area contributed by atoms with Crippen molar-refractivity contribution in [2.75, 3.05) is 38.2 Å². The van der Waals surface area contributed by atoms with E-state index in [1.807, 2.05) is 30.0 Å². The number of urea groups is 1. The lowest BCUT2D eigenvalue weighted by Crippen LogP contribution is -2.51. The molecule has 120 valence electrons. The van der Waals surface area contributed by atoms with E-state index in [0.717, 1.165) is 30.9 Å². The van der Waals surface area contributed by atoms with Crippen molar-refractivity contribution >= 4 is 11.7 Å². The number of ether oxygens (including phenoxy) is 1. The molecule has 0 atom stereocenters. The summed E-state index contributed by atoms with van der Waals surface area (Å²) in [7, 11) is 1.69. The number of nitrogens with zero attached hydrogens (tertiary/aromatic N) is 2. The molecule has 1 aromatic carbocycles. The van der Waals surface area contributed by atoms with Gasteiger partial charge in [-0.05, 0) is 25.5 Å². The van der Waals surface area contributed by atoms with Crippen molar-refractivity contribution in [2.45, 2.75) is 20.3 Å². The summed E-state index contributed by atoms with van der Waals surface area (Å²) in [6.45, 7) is 7.13. The van der Waals surface area contributed by atoms with Gasteiger partial charge in [-0.25, -0.2) is 4.79 Å². The summed E-state index contributed by atoms with van der Waals surface area (Å²) >= 11 is 0. The minimum atomic E-state index is -0.0209. The second-order valence-electron chi connectivity index (χ2n) is 5.44. The first-order chi connectivity index (χ1) is 10.7. The van der Waals surface area contributed by atoms with E-state index in [9.17, 15) is 4.79 Å². The number of methoxy groups -OCH3 is 1. The molecule has 5 heteroatoms. The van der Waals surface area contributed by atoms with Crippen LogP contribution in [-0.2, 0) is 0 Å². The second kappa shape index (κ2) is 7.73. The Bertz CT molecular complexity index is 534. The summed E-state index contributed by atoms with van der Waals surface area (Å²) in [6, 6.07) is 7.98. The molecule has 1 N–H and O–H groups in total. The average Bonchev–Trinajstić information content (AvgIpc) is 2.59. The van der Waals surface area contributed by atoms with Crippen LogP contribution in [-0.4, -0.2) is 44.2 Å². The molecular formula is C17H25N3O2. The van der Waals surface area contributed by atoms with E-state index in [2.05, 4.69) is 23.2 Å². The molecule has 1 aliphatic rings. The van der Waals surface area contributed by atoms with Gasteiger partial charge in [0.15, 0.2) is 0 Å². The normalized spacial score (nSPS) is 15.7. The van der Waals surface area contributed by atoms with Crippen molar-refractivity contribution < 1.29 is 9.53 Å². The highest BCUT2D eigenvalue weighted by molar-refractivity contribution is 5.75. The summed E-state index contributed by atoms with van der Waals surface area (Å²) in [5.41, 5.74) is 2.26. The molecule has 1 aromatic rings. The van der Waals surface area contributed by atoms with Gasteiger partial charge >= 0.3 is 6.03 Å². The van der Waals surface area contributed by atoms with Crippen LogP contribution < -0.4 is 15.0 Å². The van der Waals surface area contributed by atoms with Crippen LogP contribution in [0, 0.1) is 0 Å². The number of hydrogen-bond acceptors (Lipinski definition) is 3. The zero-order chi connectivity index (χ0) is 15.9. The Morgan fingerprint density at radius 2 is 1.95 bits per heavy atom. The summed E-state index contributed by atoms with van der Waals surface area (Å²) in [5, 5.41) is 2.86. The lowest BCUT2D eigenvalue weighted by Gasteiger charge is -2.36. The van der Waals surface area contributed by atoms with Crippen LogP contribution in [0.25, 0.3) is 0 Å². The molecule has 1 heterocycles. The molecule has 1 fully saturated rings. The summed E-state index contributed by atoms with van der Waals surface area (Å²) in [4.78, 5) is 16.2. The zero-order valence-electron chi connectivity index (χ0n) is 13.6. The summed E-state index contributed by atoms with van der Waals surface area (Å²) in [6.07, 6.45) is 2.75. The number of hydrogen-bond donors (Lipinski definition) is 1. The van der Waals surface area contributed by atoms with Crippen LogP contribution in [0.2, 0.25) is 0 Å². The third-order valence-corrected chi connectivity index (χ3v) is 3.99. The highest BCUT2D eigenvalue weighted by atomic mass is 16.5. The van der Waals surface area contributed by atoms with Gasteiger partial charge in [0, 0.05) is 32.4 Å². The maximum atomic E-state index is 12.1. The summed E-state index contributed by atoms with van der Waals surface area (Å²) in [5.74, 6) is 0.877. The minimum absolute atomic E-state index is 0.0209. The number of piperazine rings is 1. The van der Waals surface area contributed by atoms with E-state index >= 15 is 0 Å². The predicted molar refractivity (Wildman–Crippen MR) is 89.4 cm³/mol. The standard InChI is InChI=1S/C17H25N3O2/c1-4-14(2)13-18-17(21)20-11-9-19(10-12-20)15-7-5-6-8-16(15)22-3/h5-8,13H,4,9-12H2,1-3H3,(H,18,21)/b14-13+. The topological polar surface area (TPSA) is 44.8 Å². The first kappa shape index (κ1) is 16.2. The molecule has 0 radical (unpaired) electrons. The molecule has 0 bridgehead atoms. The smallest absolute Gasteiger partial charge is 0.321 e. The SMILES string of the molecule is CC/C(C)=C/NC(=O)N1CCN(c2ccccc2OC)CC1. The van der Waals surface area contributed by atoms with Gasteiger partial charge in [0.2, 0.25) is 0 Å². The van der Waals surface area contributed by atoms with Gasteiger partial charge in [-0.3, -0.25) is 0 Å². The van der Waals surface area contributed by atoms with Crippen LogP contribution in [0.4, 0.5) is 10.5 Å². The molecule has 0 aliphatic carbocycles. The van der Waals surface area contributed by atoms with Crippen LogP contribution >= 0.6 is 0 Å². The highest BCUT2D eigenvalue weighted by Gasteiger charge is 2.22. The fourth-order valence-corrected chi connectivity index (χ4v) is 2.42. The van der Waals surface area contributed by atoms with E-state index in [0.29, 0.717) is 13.1 Å². The van der Waals surface area contributed by atoms with Crippen molar-refractivity contribution in [1.82, 2.24) is 10.2 Å². The molecular weight excluding hydrogens is 278 g/mol. The number of benzene rings is 1. The number of rotatable bonds is 4. The van der Waals surface area contributed by atoms with Gasteiger partial charge in [-0.1, -0.05) is 24.6 Å². The van der Waals surface area contributed by atoms with E-state index in [1.54, 1.807) is 13.3 Å². The van der Waals surface area contributed by atoms with Gasteiger partial charge < -0.3 is 19.9 Å². The van der Waals surface area contributed by atoms with Crippen LogP contribution in [0.1, 0.15) is 20.3 Å². The molecule has 0 aromatic heterocycles. The third kappa shape index (κ3) is 3.93. The molecule has 2 amide bonds. The largest absolute Gasteiger partial charge is 0.495 e. The average molecular weight is 303 g/mol. The maximum absolute atomic E-state index is 12.1. The lowest BCUT2D eigenvalue weighted by atomic mass is 10.2. The molecule has 2 rings (SSSR count). The first-order valence-corrected chi connectivity index (χ1v) is 7.74. The molecule has 5 nitrogen and oxygen atoms in total. The van der Waals surface area contributed by atoms with Crippen molar-refractivity contribution in [2.24, 2.45) is 0 Å². The van der Waals surface area contributed by atoms with Gasteiger partial charge in [0.25, 0.3) is 0 Å². The maximum Gasteiger partial charge on any atom is 0.321 e. The van der Waals surface area contributed by atoms with Gasteiger partial charge in [0.05, 0.1) is 12.8 Å². The molecule has 0 unspecified atom stereocenters. The third-order valence-electron chi connectivity index (χ3n) is 3.99. The van der Waals surface area contributed by atoms with E-state index in [-0.39, 0.29) is 6.03 Å². The number of nitrogens with one attached hydrogen (secondary N) is 1. The first-order valence-electron chi connectivity index (χ1n) is 7.74. The summed E-state index contributed by atoms with van der Waals surface area (Å²) < 4.78 is 5.41. The van der Waals surface area contributed by atoms with Gasteiger partial charge in [0.1, 0.15) is 5.75 Å². The number of carbonyl (C=O) groups is 1. The number of para-hydroxylation sites is 2. The quantitative estimate of drug-likeness (QED) is 0.930. The van der Waals surface area contributed by atoms with E-state index < -0.39 is 0 Å². The van der Waals surface area contributed by atoms with Crippen LogP contribution in [0.5, 0.6) is 5.75 Å². The Labute approximate surface area is 132 Å². The number of amides is 2. The molecule has 1 aliphatic heterocycles. The highest BCUT2D eigenvalue weighted by Crippen LogP contribution is 2.28. The second-order valence-corrected chi connectivity index (χ2v) is 5.44. The Hall–Kier alpha value is -2.17. The van der Waals surface area contributed by atoms with Gasteiger partial charge in [-0.2, -0.15) is 0 Å². The van der Waals surface area contributed by atoms with Crippen molar-refractivity contribution in [3.05, 3.63) is 36.0 Å². The van der Waals surface area contributed by atoms with E-state index in [4.69, 9.17) is 4.74 Å². The number of allylic oxidation sites excluding steroid dienone is 1. The Balaban J connectivity index is 1.91. The van der Waals surface area contributed by atoms with Crippen molar-refractivity contribution in [3.63, 3.8) is 0 Å². The Morgan fingerprint density at radius 3 is 2.59 bits per heavy atom. The van der Waals surface area contributed by atoms with Crippen molar-refractivity contribution in [3.8, 4) is 5.75 Å². The predicted octanol–water partition coefficient (Wildman–Crippen LogP) is 2.84. The molecule has 0 saturated carbocycles. The van der Waals surface area contributed by atoms with Crippen LogP contribution in [0.3, 0.4) is 0 Å². The van der Waals surface area contributed by atoms with Crippen LogP contribution in [0.15, 0.2) is 36.0 Å². The minimum Gasteiger partial charge on any atom is -0.495 e. The van der Waals surface area contributed by atoms with Gasteiger partial charge in [-0.15, -0.1) is 0 Å². The Kier molecular flexibility index (Phi) is 5.69. The monoisotopic (exact) mass is 303 g/mol. The lowest BCUT2D eigenvalue weighted by molar-refractivity contribution is 0.198.